The molecule has 0 bridgehead atoms. The van der Waals surface area contributed by atoms with Crippen LogP contribution < -0.4 is 5.32 Å². The number of ether oxygens (including phenoxy) is 1. The molecule has 2 unspecified atom stereocenters. The molecular weight excluding hydrogens is 222 g/mol. The van der Waals surface area contributed by atoms with Crippen LogP contribution in [0.4, 0.5) is 0 Å². The van der Waals surface area contributed by atoms with E-state index in [2.05, 4.69) is 33.0 Å². The van der Waals surface area contributed by atoms with Gasteiger partial charge in [-0.3, -0.25) is 0 Å². The van der Waals surface area contributed by atoms with Gasteiger partial charge in [-0.25, -0.2) is 0 Å². The lowest BCUT2D eigenvalue weighted by Gasteiger charge is -2.41. The van der Waals surface area contributed by atoms with E-state index in [0.29, 0.717) is 5.41 Å². The Kier molecular flexibility index (Phi) is 7.25. The lowest BCUT2D eigenvalue weighted by Crippen LogP contribution is -2.36. The second kappa shape index (κ2) is 8.16. The van der Waals surface area contributed by atoms with Crippen molar-refractivity contribution < 1.29 is 4.74 Å². The van der Waals surface area contributed by atoms with Crippen LogP contribution in [0, 0.1) is 17.3 Å². The van der Waals surface area contributed by atoms with Gasteiger partial charge in [-0.15, -0.1) is 0 Å². The van der Waals surface area contributed by atoms with E-state index in [4.69, 9.17) is 4.74 Å². The van der Waals surface area contributed by atoms with Crippen molar-refractivity contribution >= 4 is 0 Å². The van der Waals surface area contributed by atoms with Crippen molar-refractivity contribution in [3.63, 3.8) is 0 Å². The molecule has 0 heterocycles. The fourth-order valence-electron chi connectivity index (χ4n) is 3.32. The number of hydrogen-bond acceptors (Lipinski definition) is 2. The Hall–Kier alpha value is -0.0800. The Morgan fingerprint density at radius 2 is 2.00 bits per heavy atom. The van der Waals surface area contributed by atoms with Gasteiger partial charge >= 0.3 is 0 Å². The summed E-state index contributed by atoms with van der Waals surface area (Å²) < 4.78 is 5.48. The molecule has 1 N–H and O–H groups in total. The van der Waals surface area contributed by atoms with E-state index in [1.54, 1.807) is 0 Å². The van der Waals surface area contributed by atoms with Crippen LogP contribution in [0.25, 0.3) is 0 Å². The molecule has 1 aliphatic carbocycles. The van der Waals surface area contributed by atoms with Crippen LogP contribution in [0.2, 0.25) is 0 Å². The largest absolute Gasteiger partial charge is 0.382 e. The van der Waals surface area contributed by atoms with Gasteiger partial charge in [-0.2, -0.15) is 0 Å². The van der Waals surface area contributed by atoms with E-state index in [1.807, 2.05) is 0 Å². The Morgan fingerprint density at radius 3 is 2.67 bits per heavy atom. The maximum absolute atomic E-state index is 5.48. The van der Waals surface area contributed by atoms with Crippen LogP contribution >= 0.6 is 0 Å². The van der Waals surface area contributed by atoms with Gasteiger partial charge in [0.1, 0.15) is 0 Å². The van der Waals surface area contributed by atoms with E-state index >= 15 is 0 Å². The summed E-state index contributed by atoms with van der Waals surface area (Å²) in [7, 11) is 0. The van der Waals surface area contributed by atoms with Crippen LogP contribution in [0.5, 0.6) is 0 Å². The van der Waals surface area contributed by atoms with Crippen LogP contribution in [0.15, 0.2) is 0 Å². The monoisotopic (exact) mass is 255 g/mol. The maximum Gasteiger partial charge on any atom is 0.0465 e. The molecule has 0 saturated heterocycles. The molecule has 0 aliphatic heterocycles. The quantitative estimate of drug-likeness (QED) is 0.665. The maximum atomic E-state index is 5.48. The first-order chi connectivity index (χ1) is 8.59. The van der Waals surface area contributed by atoms with Crippen LogP contribution in [-0.2, 0) is 4.74 Å². The number of nitrogens with one attached hydrogen (secondary N) is 1. The highest BCUT2D eigenvalue weighted by atomic mass is 16.5. The standard InChI is InChI=1S/C16H33NO/c1-5-17-13-15-9-10-16(3,4)12-14(15)8-7-11-18-6-2/h14-15,17H,5-13H2,1-4H3. The molecular formula is C16H33NO. The topological polar surface area (TPSA) is 21.3 Å². The minimum absolute atomic E-state index is 0.555. The van der Waals surface area contributed by atoms with Gasteiger partial charge in [0.2, 0.25) is 0 Å². The van der Waals surface area contributed by atoms with Gasteiger partial charge in [0.05, 0.1) is 0 Å². The molecule has 2 nitrogen and oxygen atoms in total. The fourth-order valence-corrected chi connectivity index (χ4v) is 3.32. The highest BCUT2D eigenvalue weighted by Crippen LogP contribution is 2.43. The molecule has 1 saturated carbocycles. The predicted octanol–water partition coefficient (Wildman–Crippen LogP) is 3.86. The first kappa shape index (κ1) is 16.0. The summed E-state index contributed by atoms with van der Waals surface area (Å²) in [5.74, 6) is 1.79. The van der Waals surface area contributed by atoms with Crippen molar-refractivity contribution in [2.45, 2.75) is 59.8 Å². The summed E-state index contributed by atoms with van der Waals surface area (Å²) >= 11 is 0. The Balaban J connectivity index is 2.38. The van der Waals surface area contributed by atoms with Gasteiger partial charge in [0.25, 0.3) is 0 Å². The molecule has 0 spiro atoms. The molecule has 0 amide bonds. The van der Waals surface area contributed by atoms with E-state index in [0.717, 1.165) is 31.6 Å². The SMILES string of the molecule is CCNCC1CCC(C)(C)CC1CCCOCC. The molecule has 1 fully saturated rings. The van der Waals surface area contributed by atoms with Crippen LogP contribution in [0.3, 0.4) is 0 Å². The zero-order valence-electron chi connectivity index (χ0n) is 12.9. The van der Waals surface area contributed by atoms with Crippen LogP contribution in [0.1, 0.15) is 59.8 Å². The molecule has 18 heavy (non-hydrogen) atoms. The van der Waals surface area contributed by atoms with Crippen molar-refractivity contribution in [3.8, 4) is 0 Å². The summed E-state index contributed by atoms with van der Waals surface area (Å²) in [5, 5.41) is 3.55. The first-order valence-corrected chi connectivity index (χ1v) is 7.87. The zero-order chi connectivity index (χ0) is 13.4. The first-order valence-electron chi connectivity index (χ1n) is 7.87. The van der Waals surface area contributed by atoms with Crippen molar-refractivity contribution in [3.05, 3.63) is 0 Å². The van der Waals surface area contributed by atoms with Crippen molar-refractivity contribution in [2.24, 2.45) is 17.3 Å². The zero-order valence-corrected chi connectivity index (χ0v) is 12.9. The van der Waals surface area contributed by atoms with E-state index in [1.165, 1.54) is 38.6 Å². The van der Waals surface area contributed by atoms with Gasteiger partial charge in [0.15, 0.2) is 0 Å². The highest BCUT2D eigenvalue weighted by molar-refractivity contribution is 4.85. The predicted molar refractivity (Wildman–Crippen MR) is 78.9 cm³/mol. The summed E-state index contributed by atoms with van der Waals surface area (Å²) in [6.07, 6.45) is 6.77. The number of rotatable bonds is 8. The molecule has 1 rings (SSSR count). The fraction of sp³-hybridized carbons (Fsp3) is 1.00. The summed E-state index contributed by atoms with van der Waals surface area (Å²) in [6, 6.07) is 0. The normalized spacial score (nSPS) is 27.3. The lowest BCUT2D eigenvalue weighted by molar-refractivity contribution is 0.0910. The van der Waals surface area contributed by atoms with Gasteiger partial charge in [0, 0.05) is 13.2 Å². The smallest absolute Gasteiger partial charge is 0.0465 e. The van der Waals surface area contributed by atoms with E-state index in [9.17, 15) is 0 Å². The highest BCUT2D eigenvalue weighted by Gasteiger charge is 2.33. The summed E-state index contributed by atoms with van der Waals surface area (Å²) in [5.41, 5.74) is 0.555. The van der Waals surface area contributed by atoms with Gasteiger partial charge < -0.3 is 10.1 Å². The molecule has 2 atom stereocenters. The van der Waals surface area contributed by atoms with Crippen molar-refractivity contribution in [1.29, 1.82) is 0 Å². The average Bonchev–Trinajstić information content (AvgIpc) is 2.33. The average molecular weight is 255 g/mol. The minimum atomic E-state index is 0.555. The molecule has 1 aliphatic rings. The van der Waals surface area contributed by atoms with Crippen molar-refractivity contribution in [2.75, 3.05) is 26.3 Å². The Morgan fingerprint density at radius 1 is 1.22 bits per heavy atom. The molecule has 0 aromatic heterocycles. The third kappa shape index (κ3) is 5.71. The third-order valence-electron chi connectivity index (χ3n) is 4.40. The third-order valence-corrected chi connectivity index (χ3v) is 4.40. The minimum Gasteiger partial charge on any atom is -0.382 e. The van der Waals surface area contributed by atoms with E-state index in [-0.39, 0.29) is 0 Å². The molecule has 0 aromatic rings. The summed E-state index contributed by atoms with van der Waals surface area (Å²) in [4.78, 5) is 0. The van der Waals surface area contributed by atoms with Crippen molar-refractivity contribution in [1.82, 2.24) is 5.32 Å². The number of hydrogen-bond donors (Lipinski definition) is 1. The second-order valence-electron chi connectivity index (χ2n) is 6.57. The Bertz CT molecular complexity index is 215. The molecule has 108 valence electrons. The molecule has 2 heteroatoms. The van der Waals surface area contributed by atoms with Crippen LogP contribution in [-0.4, -0.2) is 26.3 Å². The lowest BCUT2D eigenvalue weighted by atomic mass is 9.66. The van der Waals surface area contributed by atoms with Gasteiger partial charge in [-0.1, -0.05) is 20.8 Å². The second-order valence-corrected chi connectivity index (χ2v) is 6.57. The Labute approximate surface area is 114 Å². The summed E-state index contributed by atoms with van der Waals surface area (Å²) in [6.45, 7) is 13.3. The van der Waals surface area contributed by atoms with E-state index < -0.39 is 0 Å². The molecule has 0 radical (unpaired) electrons. The molecule has 0 aromatic carbocycles. The van der Waals surface area contributed by atoms with Gasteiger partial charge in [-0.05, 0) is 69.4 Å².